The van der Waals surface area contributed by atoms with Gasteiger partial charge < -0.3 is 4.74 Å². The van der Waals surface area contributed by atoms with Crippen LogP contribution >= 0.6 is 0 Å². The molecule has 3 nitrogen and oxygen atoms in total. The molecule has 0 saturated heterocycles. The van der Waals surface area contributed by atoms with Gasteiger partial charge in [-0.1, -0.05) is 25.8 Å². The molecule has 0 amide bonds. The minimum atomic E-state index is -0.275. The molecule has 16 heavy (non-hydrogen) atoms. The van der Waals surface area contributed by atoms with Gasteiger partial charge in [-0.05, 0) is 23.8 Å². The molecule has 0 N–H and O–H groups in total. The lowest BCUT2D eigenvalue weighted by Crippen LogP contribution is -2.10. The van der Waals surface area contributed by atoms with E-state index in [0.29, 0.717) is 5.57 Å². The average Bonchev–Trinajstić information content (AvgIpc) is 2.77. The number of hydrogen-bond donors (Lipinski definition) is 0. The van der Waals surface area contributed by atoms with Gasteiger partial charge in [-0.15, -0.1) is 6.42 Å². The zero-order valence-corrected chi connectivity index (χ0v) is 9.82. The van der Waals surface area contributed by atoms with Crippen molar-refractivity contribution in [3.05, 3.63) is 11.6 Å². The number of carbonyl (C=O) groups is 2. The number of aldehydes is 1. The van der Waals surface area contributed by atoms with Crippen molar-refractivity contribution in [3.63, 3.8) is 0 Å². The van der Waals surface area contributed by atoms with Gasteiger partial charge >= 0.3 is 5.97 Å². The largest absolute Gasteiger partial charge is 0.452 e. The lowest BCUT2D eigenvalue weighted by atomic mass is 10.1. The number of carbonyl (C=O) groups excluding carboxylic acids is 2. The second-order valence-electron chi connectivity index (χ2n) is 4.67. The van der Waals surface area contributed by atoms with E-state index in [1.165, 1.54) is 0 Å². The lowest BCUT2D eigenvalue weighted by molar-refractivity contribution is -0.144. The van der Waals surface area contributed by atoms with Gasteiger partial charge in [0.05, 0.1) is 5.92 Å². The van der Waals surface area contributed by atoms with Gasteiger partial charge in [-0.3, -0.25) is 9.59 Å². The molecular formula is C13H16O3. The van der Waals surface area contributed by atoms with Crippen molar-refractivity contribution in [2.45, 2.75) is 20.8 Å². The average molecular weight is 220 g/mol. The van der Waals surface area contributed by atoms with Gasteiger partial charge in [0.1, 0.15) is 6.29 Å². The number of hydrogen-bond acceptors (Lipinski definition) is 3. The highest BCUT2D eigenvalue weighted by atomic mass is 16.5. The topological polar surface area (TPSA) is 43.4 Å². The number of terminal acetylenes is 1. The monoisotopic (exact) mass is 220 g/mol. The molecule has 1 aliphatic carbocycles. The third-order valence-corrected chi connectivity index (χ3v) is 3.09. The van der Waals surface area contributed by atoms with Crippen molar-refractivity contribution in [2.75, 3.05) is 6.61 Å². The highest BCUT2D eigenvalue weighted by Crippen LogP contribution is 2.59. The van der Waals surface area contributed by atoms with Crippen molar-refractivity contribution >= 4 is 12.3 Å². The molecule has 0 heterocycles. The first-order valence-electron chi connectivity index (χ1n) is 5.18. The van der Waals surface area contributed by atoms with Crippen LogP contribution in [0.1, 0.15) is 20.8 Å². The molecule has 0 radical (unpaired) electrons. The van der Waals surface area contributed by atoms with Gasteiger partial charge in [0.2, 0.25) is 0 Å². The summed E-state index contributed by atoms with van der Waals surface area (Å²) in [7, 11) is 0. The fourth-order valence-electron chi connectivity index (χ4n) is 1.96. The summed E-state index contributed by atoms with van der Waals surface area (Å²) in [5, 5.41) is 0. The maximum atomic E-state index is 11.6. The Hall–Kier alpha value is -1.56. The highest BCUT2D eigenvalue weighted by Gasteiger charge is 2.61. The SMILES string of the molecule is C#CCOC(=O)C1C(/C=C(\C)C=O)C1(C)C. The smallest absolute Gasteiger partial charge is 0.311 e. The van der Waals surface area contributed by atoms with E-state index in [1.54, 1.807) is 6.92 Å². The third kappa shape index (κ3) is 2.33. The fraction of sp³-hybridized carbons (Fsp3) is 0.538. The van der Waals surface area contributed by atoms with Crippen LogP contribution in [-0.2, 0) is 14.3 Å². The van der Waals surface area contributed by atoms with E-state index in [2.05, 4.69) is 5.92 Å². The van der Waals surface area contributed by atoms with Crippen LogP contribution in [0.25, 0.3) is 0 Å². The van der Waals surface area contributed by atoms with Crippen LogP contribution in [0.4, 0.5) is 0 Å². The van der Waals surface area contributed by atoms with Gasteiger partial charge in [0.25, 0.3) is 0 Å². The maximum absolute atomic E-state index is 11.6. The summed E-state index contributed by atoms with van der Waals surface area (Å²) in [4.78, 5) is 22.1. The molecule has 1 aliphatic rings. The van der Waals surface area contributed by atoms with E-state index >= 15 is 0 Å². The summed E-state index contributed by atoms with van der Waals surface area (Å²) in [5.41, 5.74) is 0.501. The van der Waals surface area contributed by atoms with Gasteiger partial charge in [-0.25, -0.2) is 0 Å². The Morgan fingerprint density at radius 1 is 1.56 bits per heavy atom. The quantitative estimate of drug-likeness (QED) is 0.313. The lowest BCUT2D eigenvalue weighted by Gasteiger charge is -2.01. The molecule has 0 spiro atoms. The molecule has 1 saturated carbocycles. The van der Waals surface area contributed by atoms with E-state index in [0.717, 1.165) is 6.29 Å². The zero-order valence-electron chi connectivity index (χ0n) is 9.82. The summed E-state index contributed by atoms with van der Waals surface area (Å²) < 4.78 is 4.90. The molecule has 2 unspecified atom stereocenters. The first-order valence-corrected chi connectivity index (χ1v) is 5.18. The molecule has 1 rings (SSSR count). The van der Waals surface area contributed by atoms with Crippen LogP contribution in [-0.4, -0.2) is 18.9 Å². The van der Waals surface area contributed by atoms with E-state index in [9.17, 15) is 9.59 Å². The molecule has 86 valence electrons. The van der Waals surface area contributed by atoms with Crippen molar-refractivity contribution in [1.82, 2.24) is 0 Å². The molecule has 0 aromatic carbocycles. The zero-order chi connectivity index (χ0) is 12.3. The van der Waals surface area contributed by atoms with Crippen LogP contribution < -0.4 is 0 Å². The first kappa shape index (κ1) is 12.5. The van der Waals surface area contributed by atoms with Crippen LogP contribution in [0.5, 0.6) is 0 Å². The molecule has 0 aromatic rings. The Morgan fingerprint density at radius 2 is 2.19 bits per heavy atom. The van der Waals surface area contributed by atoms with Crippen LogP contribution in [0, 0.1) is 29.6 Å². The molecule has 0 aliphatic heterocycles. The number of esters is 1. The second kappa shape index (κ2) is 4.52. The summed E-state index contributed by atoms with van der Waals surface area (Å²) in [5.74, 6) is 1.87. The molecular weight excluding hydrogens is 204 g/mol. The molecule has 3 heteroatoms. The Bertz CT molecular complexity index is 371. The molecule has 0 bridgehead atoms. The van der Waals surface area contributed by atoms with Crippen molar-refractivity contribution < 1.29 is 14.3 Å². The minimum absolute atomic E-state index is 0.00844. The number of ether oxygens (including phenoxy) is 1. The summed E-state index contributed by atoms with van der Waals surface area (Å²) in [6, 6.07) is 0. The maximum Gasteiger partial charge on any atom is 0.311 e. The summed E-state index contributed by atoms with van der Waals surface area (Å²) in [6.07, 6.45) is 7.63. The van der Waals surface area contributed by atoms with Crippen LogP contribution in [0.2, 0.25) is 0 Å². The van der Waals surface area contributed by atoms with Crippen LogP contribution in [0.15, 0.2) is 11.6 Å². The third-order valence-electron chi connectivity index (χ3n) is 3.09. The molecule has 0 aromatic heterocycles. The van der Waals surface area contributed by atoms with E-state index in [1.807, 2.05) is 19.9 Å². The van der Waals surface area contributed by atoms with E-state index in [4.69, 9.17) is 11.2 Å². The minimum Gasteiger partial charge on any atom is -0.452 e. The van der Waals surface area contributed by atoms with Gasteiger partial charge in [0, 0.05) is 0 Å². The fourth-order valence-corrected chi connectivity index (χ4v) is 1.96. The summed E-state index contributed by atoms with van der Waals surface area (Å²) in [6.45, 7) is 5.70. The summed E-state index contributed by atoms with van der Waals surface area (Å²) >= 11 is 0. The van der Waals surface area contributed by atoms with E-state index < -0.39 is 0 Å². The van der Waals surface area contributed by atoms with Crippen molar-refractivity contribution in [2.24, 2.45) is 17.3 Å². The standard InChI is InChI=1S/C13H16O3/c1-5-6-16-12(15)11-10(13(11,3)4)7-9(2)8-14/h1,7-8,10-11H,6H2,2-4H3/b9-7+. The molecule has 2 atom stereocenters. The van der Waals surface area contributed by atoms with Crippen molar-refractivity contribution in [1.29, 1.82) is 0 Å². The highest BCUT2D eigenvalue weighted by molar-refractivity contribution is 5.79. The van der Waals surface area contributed by atoms with Gasteiger partial charge in [0.15, 0.2) is 6.61 Å². The first-order chi connectivity index (χ1) is 7.45. The molecule has 1 fully saturated rings. The number of allylic oxidation sites excluding steroid dienone is 2. The predicted octanol–water partition coefficient (Wildman–Crippen LogP) is 1.58. The van der Waals surface area contributed by atoms with Crippen molar-refractivity contribution in [3.8, 4) is 12.3 Å². The number of rotatable bonds is 4. The van der Waals surface area contributed by atoms with Crippen LogP contribution in [0.3, 0.4) is 0 Å². The Labute approximate surface area is 95.9 Å². The predicted molar refractivity (Wildman–Crippen MR) is 60.4 cm³/mol. The van der Waals surface area contributed by atoms with E-state index in [-0.39, 0.29) is 29.8 Å². The second-order valence-corrected chi connectivity index (χ2v) is 4.67. The normalized spacial score (nSPS) is 26.8. The Balaban J connectivity index is 2.68. The Kier molecular flexibility index (Phi) is 3.54. The Morgan fingerprint density at radius 3 is 2.69 bits per heavy atom. The van der Waals surface area contributed by atoms with Gasteiger partial charge in [-0.2, -0.15) is 0 Å².